The SMILES string of the molecule is COc1c#cccc1S(=O)(=O)Cl. The largest absolute Gasteiger partial charge is 0.487 e. The Kier molecular flexibility index (Phi) is 2.46. The fourth-order valence-corrected chi connectivity index (χ4v) is 1.66. The maximum absolute atomic E-state index is 10.9. The molecule has 0 aromatic heterocycles. The summed E-state index contributed by atoms with van der Waals surface area (Å²) in [5.74, 6) is 0.0764. The first kappa shape index (κ1) is 9.17. The zero-order chi connectivity index (χ0) is 9.19. The lowest BCUT2D eigenvalue weighted by Gasteiger charge is -1.99. The van der Waals surface area contributed by atoms with Gasteiger partial charge in [0.15, 0.2) is 5.75 Å². The third-order valence-electron chi connectivity index (χ3n) is 1.19. The van der Waals surface area contributed by atoms with Gasteiger partial charge in [0.2, 0.25) is 0 Å². The van der Waals surface area contributed by atoms with Crippen LogP contribution in [-0.4, -0.2) is 15.5 Å². The van der Waals surface area contributed by atoms with Crippen LogP contribution in [0.1, 0.15) is 0 Å². The van der Waals surface area contributed by atoms with Gasteiger partial charge in [-0.3, -0.25) is 0 Å². The normalized spacial score (nSPS) is 10.5. The summed E-state index contributed by atoms with van der Waals surface area (Å²) in [5.41, 5.74) is 0. The summed E-state index contributed by atoms with van der Waals surface area (Å²) in [7, 11) is 2.69. The standard InChI is InChI=1S/C7H5ClO3S/c1-11-6-4-2-3-5-7(6)12(8,9)10/h3,5H,1H3. The van der Waals surface area contributed by atoms with Crippen LogP contribution in [0.3, 0.4) is 0 Å². The highest BCUT2D eigenvalue weighted by molar-refractivity contribution is 8.13. The van der Waals surface area contributed by atoms with Crippen molar-refractivity contribution in [1.29, 1.82) is 0 Å². The van der Waals surface area contributed by atoms with E-state index in [0.29, 0.717) is 0 Å². The molecule has 0 amide bonds. The van der Waals surface area contributed by atoms with Crippen LogP contribution in [0.15, 0.2) is 17.0 Å². The van der Waals surface area contributed by atoms with Gasteiger partial charge in [0.25, 0.3) is 9.05 Å². The first-order valence-corrected chi connectivity index (χ1v) is 5.27. The van der Waals surface area contributed by atoms with E-state index in [2.05, 4.69) is 12.1 Å². The highest BCUT2D eigenvalue weighted by Crippen LogP contribution is 2.23. The molecule has 1 aromatic rings. The third-order valence-corrected chi connectivity index (χ3v) is 2.54. The highest BCUT2D eigenvalue weighted by Gasteiger charge is 2.14. The van der Waals surface area contributed by atoms with Crippen molar-refractivity contribution >= 4 is 19.7 Å². The fraction of sp³-hybridized carbons (Fsp3) is 0.143. The Bertz CT molecular complexity index is 372. The van der Waals surface area contributed by atoms with E-state index in [4.69, 9.17) is 15.4 Å². The van der Waals surface area contributed by atoms with Crippen molar-refractivity contribution in [2.24, 2.45) is 0 Å². The third kappa shape index (κ3) is 1.81. The fourth-order valence-electron chi connectivity index (χ4n) is 0.705. The predicted octanol–water partition coefficient (Wildman–Crippen LogP) is 1.22. The molecule has 0 aliphatic carbocycles. The number of ether oxygens (including phenoxy) is 1. The first-order chi connectivity index (χ1) is 5.55. The molecule has 0 saturated heterocycles. The molecule has 0 unspecified atom stereocenters. The van der Waals surface area contributed by atoms with Crippen molar-refractivity contribution in [3.8, 4) is 5.75 Å². The summed E-state index contributed by atoms with van der Waals surface area (Å²) in [4.78, 5) is -0.0922. The van der Waals surface area contributed by atoms with Crippen molar-refractivity contribution in [2.75, 3.05) is 7.11 Å². The van der Waals surface area contributed by atoms with Crippen molar-refractivity contribution in [2.45, 2.75) is 4.90 Å². The minimum Gasteiger partial charge on any atom is -0.487 e. The van der Waals surface area contributed by atoms with Crippen molar-refractivity contribution in [3.63, 3.8) is 0 Å². The smallest absolute Gasteiger partial charge is 0.265 e. The van der Waals surface area contributed by atoms with Crippen LogP contribution >= 0.6 is 10.7 Å². The number of methoxy groups -OCH3 is 1. The van der Waals surface area contributed by atoms with Crippen molar-refractivity contribution in [1.82, 2.24) is 0 Å². The number of hydrogen-bond donors (Lipinski definition) is 0. The Morgan fingerprint density at radius 1 is 1.58 bits per heavy atom. The van der Waals surface area contributed by atoms with Crippen LogP contribution in [0, 0.1) is 12.1 Å². The molecule has 0 N–H and O–H groups in total. The molecule has 0 atom stereocenters. The minimum absolute atomic E-state index is 0.0764. The Balaban J connectivity index is 3.33. The Morgan fingerprint density at radius 2 is 2.25 bits per heavy atom. The molecule has 12 heavy (non-hydrogen) atoms. The molecule has 0 bridgehead atoms. The van der Waals surface area contributed by atoms with Crippen LogP contribution < -0.4 is 4.74 Å². The highest BCUT2D eigenvalue weighted by atomic mass is 35.7. The van der Waals surface area contributed by atoms with E-state index in [9.17, 15) is 8.42 Å². The van der Waals surface area contributed by atoms with Gasteiger partial charge >= 0.3 is 0 Å². The van der Waals surface area contributed by atoms with E-state index in [-0.39, 0.29) is 10.6 Å². The molecule has 5 heteroatoms. The number of rotatable bonds is 2. The van der Waals surface area contributed by atoms with Crippen LogP contribution in [0.5, 0.6) is 5.75 Å². The Hall–Kier alpha value is -0.920. The Morgan fingerprint density at radius 3 is 2.67 bits per heavy atom. The van der Waals surface area contributed by atoms with Gasteiger partial charge in [-0.15, -0.1) is 0 Å². The lowest BCUT2D eigenvalue weighted by atomic mass is 10.4. The van der Waals surface area contributed by atoms with Crippen LogP contribution in [0.4, 0.5) is 0 Å². The molecule has 3 nitrogen and oxygen atoms in total. The molecule has 0 aliphatic heterocycles. The van der Waals surface area contributed by atoms with E-state index in [1.807, 2.05) is 0 Å². The molecule has 64 valence electrons. The lowest BCUT2D eigenvalue weighted by molar-refractivity contribution is 0.403. The monoisotopic (exact) mass is 204 g/mol. The second kappa shape index (κ2) is 3.21. The van der Waals surface area contributed by atoms with Crippen molar-refractivity contribution < 1.29 is 13.2 Å². The van der Waals surface area contributed by atoms with Crippen LogP contribution in [0.2, 0.25) is 0 Å². The predicted molar refractivity (Wildman–Crippen MR) is 43.7 cm³/mol. The molecule has 1 rings (SSSR count). The quantitative estimate of drug-likeness (QED) is 0.681. The maximum atomic E-state index is 10.9. The molecule has 0 spiro atoms. The van der Waals surface area contributed by atoms with Gasteiger partial charge in [0.1, 0.15) is 4.90 Å². The first-order valence-electron chi connectivity index (χ1n) is 2.96. The average Bonchev–Trinajstić information content (AvgIpc) is 2.03. The molecule has 0 saturated carbocycles. The summed E-state index contributed by atoms with van der Waals surface area (Å²) in [6.07, 6.45) is 0. The Labute approximate surface area is 75.3 Å². The second-order valence-electron chi connectivity index (χ2n) is 1.94. The van der Waals surface area contributed by atoms with E-state index in [0.717, 1.165) is 0 Å². The van der Waals surface area contributed by atoms with Crippen LogP contribution in [-0.2, 0) is 9.05 Å². The van der Waals surface area contributed by atoms with E-state index in [1.54, 1.807) is 0 Å². The van der Waals surface area contributed by atoms with Gasteiger partial charge in [-0.2, -0.15) is 0 Å². The molecular weight excluding hydrogens is 200 g/mol. The summed E-state index contributed by atoms with van der Waals surface area (Å²) >= 11 is 0. The summed E-state index contributed by atoms with van der Waals surface area (Å²) in [6.45, 7) is 0. The van der Waals surface area contributed by atoms with E-state index >= 15 is 0 Å². The maximum Gasteiger partial charge on any atom is 0.265 e. The summed E-state index contributed by atoms with van der Waals surface area (Å²) in [6, 6.07) is 7.74. The summed E-state index contributed by atoms with van der Waals surface area (Å²) in [5, 5.41) is 0. The number of halogens is 1. The van der Waals surface area contributed by atoms with E-state index < -0.39 is 9.05 Å². The number of hydrogen-bond acceptors (Lipinski definition) is 3. The van der Waals surface area contributed by atoms with Gasteiger partial charge in [0.05, 0.1) is 7.11 Å². The zero-order valence-corrected chi connectivity index (χ0v) is 7.74. The lowest BCUT2D eigenvalue weighted by Crippen LogP contribution is -1.94. The zero-order valence-electron chi connectivity index (χ0n) is 6.17. The topological polar surface area (TPSA) is 43.4 Å². The molecule has 0 heterocycles. The molecular formula is C7H5ClO3S. The van der Waals surface area contributed by atoms with Crippen LogP contribution in [0.25, 0.3) is 0 Å². The minimum atomic E-state index is -3.75. The summed E-state index contributed by atoms with van der Waals surface area (Å²) < 4.78 is 26.4. The molecule has 0 aliphatic rings. The van der Waals surface area contributed by atoms with Gasteiger partial charge in [-0.05, 0) is 18.2 Å². The van der Waals surface area contributed by atoms with E-state index in [1.165, 1.54) is 19.2 Å². The molecule has 0 radical (unpaired) electrons. The van der Waals surface area contributed by atoms with Gasteiger partial charge < -0.3 is 4.74 Å². The molecule has 1 aromatic carbocycles. The second-order valence-corrected chi connectivity index (χ2v) is 4.47. The average molecular weight is 205 g/mol. The van der Waals surface area contributed by atoms with Gasteiger partial charge in [-0.25, -0.2) is 8.42 Å². The molecule has 0 fully saturated rings. The van der Waals surface area contributed by atoms with Gasteiger partial charge in [-0.1, -0.05) is 6.07 Å². The van der Waals surface area contributed by atoms with Gasteiger partial charge in [0, 0.05) is 10.7 Å². The van der Waals surface area contributed by atoms with Crippen molar-refractivity contribution in [3.05, 3.63) is 24.3 Å².